The molecule has 2 N–H and O–H groups in total. The summed E-state index contributed by atoms with van der Waals surface area (Å²) in [5, 5.41) is 3.18. The van der Waals surface area contributed by atoms with Gasteiger partial charge in [0, 0.05) is 32.3 Å². The van der Waals surface area contributed by atoms with Crippen molar-refractivity contribution in [1.29, 1.82) is 0 Å². The molecule has 1 heterocycles. The molecule has 1 rings (SSSR count). The number of nitrogens with one attached hydrogen (secondary N) is 2. The summed E-state index contributed by atoms with van der Waals surface area (Å²) in [6.07, 6.45) is 0. The van der Waals surface area contributed by atoms with Crippen LogP contribution in [0, 0.1) is 0 Å². The van der Waals surface area contributed by atoms with Gasteiger partial charge in [-0.3, -0.25) is 4.79 Å². The lowest BCUT2D eigenvalue weighted by atomic mass is 10.2. The number of ether oxygens (including phenoxy) is 1. The highest BCUT2D eigenvalue weighted by Crippen LogP contribution is 2.02. The molecule has 0 radical (unpaired) electrons. The third-order valence-electron chi connectivity index (χ3n) is 2.97. The Kier molecular flexibility index (Phi) is 9.32. The third kappa shape index (κ3) is 6.85. The second-order valence-corrected chi connectivity index (χ2v) is 6.40. The lowest BCUT2D eigenvalue weighted by Gasteiger charge is -2.34. The number of halogens is 1. The number of carbonyl (C=O) groups is 1. The lowest BCUT2D eigenvalue weighted by Crippen LogP contribution is -2.54. The molecule has 1 amide bonds. The molecule has 1 saturated heterocycles. The Morgan fingerprint density at radius 1 is 1.50 bits per heavy atom. The normalized spacial score (nSPS) is 19.5. The van der Waals surface area contributed by atoms with Gasteiger partial charge in [0.15, 0.2) is 0 Å². The summed E-state index contributed by atoms with van der Waals surface area (Å²) in [5.41, 5.74) is 0. The largest absolute Gasteiger partial charge is 0.381 e. The molecule has 9 heteroatoms. The standard InChI is InChI=1S/C11H23N3O4S.ClH/c1-3-18-6-7-19(16,17)13-9-11(15)14-5-4-12-8-10(14)2;/h10,12-13H,3-9H2,1-2H3;1H. The van der Waals surface area contributed by atoms with Crippen molar-refractivity contribution in [2.24, 2.45) is 0 Å². The maximum atomic E-state index is 11.9. The van der Waals surface area contributed by atoms with Gasteiger partial charge < -0.3 is 15.0 Å². The van der Waals surface area contributed by atoms with E-state index in [2.05, 4.69) is 10.0 Å². The summed E-state index contributed by atoms with van der Waals surface area (Å²) in [6.45, 7) is 6.27. The zero-order valence-corrected chi connectivity index (χ0v) is 13.6. The van der Waals surface area contributed by atoms with E-state index in [-0.39, 0.29) is 43.3 Å². The number of hydrogen-bond acceptors (Lipinski definition) is 5. The van der Waals surface area contributed by atoms with Crippen LogP contribution in [0.15, 0.2) is 0 Å². The van der Waals surface area contributed by atoms with Gasteiger partial charge in [0.25, 0.3) is 0 Å². The van der Waals surface area contributed by atoms with Gasteiger partial charge in [-0.2, -0.15) is 0 Å². The zero-order valence-electron chi connectivity index (χ0n) is 11.9. The maximum absolute atomic E-state index is 11.9. The summed E-state index contributed by atoms with van der Waals surface area (Å²) in [6, 6.07) is 0.0918. The van der Waals surface area contributed by atoms with E-state index >= 15 is 0 Å². The Labute approximate surface area is 126 Å². The minimum absolute atomic E-state index is 0. The Hall–Kier alpha value is -0.410. The van der Waals surface area contributed by atoms with Crippen LogP contribution in [0.5, 0.6) is 0 Å². The highest BCUT2D eigenvalue weighted by atomic mass is 35.5. The monoisotopic (exact) mass is 329 g/mol. The van der Waals surface area contributed by atoms with Crippen LogP contribution in [0.1, 0.15) is 13.8 Å². The molecule has 0 spiro atoms. The molecule has 1 aliphatic rings. The second kappa shape index (κ2) is 9.51. The van der Waals surface area contributed by atoms with E-state index in [1.807, 2.05) is 6.92 Å². The smallest absolute Gasteiger partial charge is 0.237 e. The van der Waals surface area contributed by atoms with Crippen molar-refractivity contribution >= 4 is 28.3 Å². The van der Waals surface area contributed by atoms with Gasteiger partial charge in [0.2, 0.25) is 15.9 Å². The molecule has 0 aliphatic carbocycles. The molecule has 0 aromatic carbocycles. The maximum Gasteiger partial charge on any atom is 0.237 e. The number of hydrogen-bond donors (Lipinski definition) is 2. The molecule has 0 aromatic rings. The van der Waals surface area contributed by atoms with Crippen molar-refractivity contribution in [2.75, 3.05) is 45.1 Å². The molecule has 1 atom stereocenters. The highest BCUT2D eigenvalue weighted by Gasteiger charge is 2.23. The van der Waals surface area contributed by atoms with Crippen LogP contribution in [-0.4, -0.2) is 70.4 Å². The van der Waals surface area contributed by atoms with E-state index < -0.39 is 10.0 Å². The number of piperazine rings is 1. The molecule has 1 aliphatic heterocycles. The average molecular weight is 330 g/mol. The van der Waals surface area contributed by atoms with Crippen molar-refractivity contribution in [3.8, 4) is 0 Å². The minimum atomic E-state index is -3.44. The van der Waals surface area contributed by atoms with Crippen LogP contribution in [0.3, 0.4) is 0 Å². The summed E-state index contributed by atoms with van der Waals surface area (Å²) < 4.78 is 30.5. The lowest BCUT2D eigenvalue weighted by molar-refractivity contribution is -0.132. The van der Waals surface area contributed by atoms with Crippen molar-refractivity contribution in [3.05, 3.63) is 0 Å². The van der Waals surface area contributed by atoms with Crippen LogP contribution in [0.4, 0.5) is 0 Å². The third-order valence-corrected chi connectivity index (χ3v) is 4.25. The molecule has 20 heavy (non-hydrogen) atoms. The van der Waals surface area contributed by atoms with Crippen LogP contribution in [0.2, 0.25) is 0 Å². The Morgan fingerprint density at radius 3 is 2.80 bits per heavy atom. The van der Waals surface area contributed by atoms with Gasteiger partial charge in [-0.25, -0.2) is 13.1 Å². The first kappa shape index (κ1) is 19.6. The summed E-state index contributed by atoms with van der Waals surface area (Å²) in [4.78, 5) is 13.6. The molecule has 0 aromatic heterocycles. The van der Waals surface area contributed by atoms with Crippen molar-refractivity contribution in [3.63, 3.8) is 0 Å². The van der Waals surface area contributed by atoms with E-state index in [9.17, 15) is 13.2 Å². The quantitative estimate of drug-likeness (QED) is 0.596. The number of nitrogens with zero attached hydrogens (tertiary/aromatic N) is 1. The van der Waals surface area contributed by atoms with E-state index in [4.69, 9.17) is 4.74 Å². The number of sulfonamides is 1. The Bertz CT molecular complexity index is 391. The van der Waals surface area contributed by atoms with Crippen molar-refractivity contribution in [2.45, 2.75) is 19.9 Å². The van der Waals surface area contributed by atoms with E-state index in [0.29, 0.717) is 13.2 Å². The van der Waals surface area contributed by atoms with Crippen LogP contribution >= 0.6 is 12.4 Å². The summed E-state index contributed by atoms with van der Waals surface area (Å²) in [7, 11) is -3.44. The molecule has 0 saturated carbocycles. The first-order chi connectivity index (χ1) is 8.96. The SMILES string of the molecule is CCOCCS(=O)(=O)NCC(=O)N1CCNCC1C.Cl. The number of rotatable bonds is 7. The molecule has 1 fully saturated rings. The number of amides is 1. The fourth-order valence-electron chi connectivity index (χ4n) is 1.87. The molecular formula is C11H24ClN3O4S. The molecule has 7 nitrogen and oxygen atoms in total. The van der Waals surface area contributed by atoms with E-state index in [1.54, 1.807) is 11.8 Å². The summed E-state index contributed by atoms with van der Waals surface area (Å²) >= 11 is 0. The van der Waals surface area contributed by atoms with Gasteiger partial charge in [-0.1, -0.05) is 0 Å². The Balaban J connectivity index is 0.00000361. The zero-order chi connectivity index (χ0) is 14.3. The van der Waals surface area contributed by atoms with Gasteiger partial charge in [0.05, 0.1) is 18.9 Å². The van der Waals surface area contributed by atoms with E-state index in [0.717, 1.165) is 13.1 Å². The molecule has 120 valence electrons. The van der Waals surface area contributed by atoms with Crippen molar-refractivity contribution < 1.29 is 17.9 Å². The van der Waals surface area contributed by atoms with Gasteiger partial charge in [-0.15, -0.1) is 12.4 Å². The van der Waals surface area contributed by atoms with Gasteiger partial charge in [0.1, 0.15) is 0 Å². The van der Waals surface area contributed by atoms with Gasteiger partial charge >= 0.3 is 0 Å². The Morgan fingerprint density at radius 2 is 2.20 bits per heavy atom. The van der Waals surface area contributed by atoms with Crippen molar-refractivity contribution in [1.82, 2.24) is 14.9 Å². The fourth-order valence-corrected chi connectivity index (χ4v) is 2.69. The molecule has 1 unspecified atom stereocenters. The van der Waals surface area contributed by atoms with Crippen LogP contribution < -0.4 is 10.0 Å². The van der Waals surface area contributed by atoms with Crippen LogP contribution in [-0.2, 0) is 19.6 Å². The second-order valence-electron chi connectivity index (χ2n) is 4.48. The fraction of sp³-hybridized carbons (Fsp3) is 0.909. The van der Waals surface area contributed by atoms with E-state index in [1.165, 1.54) is 0 Å². The molecular weight excluding hydrogens is 306 g/mol. The number of carbonyl (C=O) groups excluding carboxylic acids is 1. The predicted molar refractivity (Wildman–Crippen MR) is 79.6 cm³/mol. The topological polar surface area (TPSA) is 87.7 Å². The predicted octanol–water partition coefficient (Wildman–Crippen LogP) is -0.816. The first-order valence-electron chi connectivity index (χ1n) is 6.51. The first-order valence-corrected chi connectivity index (χ1v) is 8.16. The highest BCUT2D eigenvalue weighted by molar-refractivity contribution is 7.89. The summed E-state index contributed by atoms with van der Waals surface area (Å²) in [5.74, 6) is -0.306. The van der Waals surface area contributed by atoms with Crippen LogP contribution in [0.25, 0.3) is 0 Å². The molecule has 0 bridgehead atoms. The average Bonchev–Trinajstić information content (AvgIpc) is 2.37. The van der Waals surface area contributed by atoms with Gasteiger partial charge in [-0.05, 0) is 13.8 Å². The minimum Gasteiger partial charge on any atom is -0.381 e.